The Balaban J connectivity index is 2.01. The lowest BCUT2D eigenvalue weighted by Crippen LogP contribution is -2.44. The third-order valence-corrected chi connectivity index (χ3v) is 3.89. The van der Waals surface area contributed by atoms with Crippen molar-refractivity contribution in [2.45, 2.75) is 64.6 Å². The van der Waals surface area contributed by atoms with Crippen LogP contribution in [-0.2, 0) is 11.3 Å². The third kappa shape index (κ3) is 4.07. The van der Waals surface area contributed by atoms with Crippen LogP contribution < -0.4 is 5.73 Å². The number of nitrogens with two attached hydrogens (primary N) is 1. The zero-order valence-corrected chi connectivity index (χ0v) is 12.6. The fourth-order valence-corrected chi connectivity index (χ4v) is 2.54. The number of carbonyl (C=O) groups excluding carboxylic acids is 1. The van der Waals surface area contributed by atoms with Gasteiger partial charge in [0, 0.05) is 12.6 Å². The molecule has 20 heavy (non-hydrogen) atoms. The molecule has 0 spiro atoms. The van der Waals surface area contributed by atoms with Gasteiger partial charge >= 0.3 is 0 Å². The van der Waals surface area contributed by atoms with Gasteiger partial charge in [0.05, 0.1) is 6.04 Å². The molecule has 3 heteroatoms. The van der Waals surface area contributed by atoms with E-state index in [1.807, 2.05) is 4.90 Å². The Morgan fingerprint density at radius 3 is 2.80 bits per heavy atom. The molecule has 0 aromatic heterocycles. The summed E-state index contributed by atoms with van der Waals surface area (Å²) in [6, 6.07) is 8.46. The zero-order valence-electron chi connectivity index (χ0n) is 12.6. The largest absolute Gasteiger partial charge is 0.334 e. The minimum atomic E-state index is -0.333. The SMILES string of the molecule is CCCC[C@H](N)C(=O)N(Cc1cccc(C)c1)C1CC1. The molecule has 1 aliphatic rings. The van der Waals surface area contributed by atoms with Gasteiger partial charge < -0.3 is 10.6 Å². The van der Waals surface area contributed by atoms with Crippen LogP contribution in [0.5, 0.6) is 0 Å². The molecular formula is C17H26N2O. The van der Waals surface area contributed by atoms with Crippen molar-refractivity contribution in [2.24, 2.45) is 5.73 Å². The van der Waals surface area contributed by atoms with Gasteiger partial charge in [-0.15, -0.1) is 0 Å². The number of hydrogen-bond donors (Lipinski definition) is 1. The standard InChI is InChI=1S/C17H26N2O/c1-3-4-8-16(18)17(20)19(15-9-10-15)12-14-7-5-6-13(2)11-14/h5-7,11,15-16H,3-4,8-10,12,18H2,1-2H3/t16-/m0/s1. The topological polar surface area (TPSA) is 46.3 Å². The highest BCUT2D eigenvalue weighted by molar-refractivity contribution is 5.82. The summed E-state index contributed by atoms with van der Waals surface area (Å²) >= 11 is 0. The first kappa shape index (κ1) is 15.0. The van der Waals surface area contributed by atoms with Crippen LogP contribution >= 0.6 is 0 Å². The second kappa shape index (κ2) is 6.89. The summed E-state index contributed by atoms with van der Waals surface area (Å²) < 4.78 is 0. The summed E-state index contributed by atoms with van der Waals surface area (Å²) in [5, 5.41) is 0. The van der Waals surface area contributed by atoms with E-state index in [0.717, 1.165) is 32.1 Å². The molecule has 1 saturated carbocycles. The molecule has 0 unspecified atom stereocenters. The monoisotopic (exact) mass is 274 g/mol. The van der Waals surface area contributed by atoms with Crippen LogP contribution in [0.4, 0.5) is 0 Å². The lowest BCUT2D eigenvalue weighted by molar-refractivity contribution is -0.134. The molecule has 1 aliphatic carbocycles. The summed E-state index contributed by atoms with van der Waals surface area (Å²) in [6.07, 6.45) is 5.15. The van der Waals surface area contributed by atoms with E-state index in [0.29, 0.717) is 12.6 Å². The minimum Gasteiger partial charge on any atom is -0.334 e. The summed E-state index contributed by atoms with van der Waals surface area (Å²) in [6.45, 7) is 4.91. The first-order valence-electron chi connectivity index (χ1n) is 7.73. The van der Waals surface area contributed by atoms with Gasteiger partial charge in [0.2, 0.25) is 5.91 Å². The average molecular weight is 274 g/mol. The van der Waals surface area contributed by atoms with Crippen molar-refractivity contribution in [3.8, 4) is 0 Å². The van der Waals surface area contributed by atoms with Crippen LogP contribution in [0.15, 0.2) is 24.3 Å². The fraction of sp³-hybridized carbons (Fsp3) is 0.588. The van der Waals surface area contributed by atoms with Crippen LogP contribution in [0.1, 0.15) is 50.2 Å². The molecule has 0 saturated heterocycles. The number of rotatable bonds is 7. The van der Waals surface area contributed by atoms with Gasteiger partial charge in [-0.3, -0.25) is 4.79 Å². The quantitative estimate of drug-likeness (QED) is 0.831. The normalized spacial score (nSPS) is 15.9. The highest BCUT2D eigenvalue weighted by Crippen LogP contribution is 2.29. The van der Waals surface area contributed by atoms with E-state index in [4.69, 9.17) is 5.73 Å². The summed E-state index contributed by atoms with van der Waals surface area (Å²) in [5.41, 5.74) is 8.50. The number of aryl methyl sites for hydroxylation is 1. The third-order valence-electron chi connectivity index (χ3n) is 3.89. The molecular weight excluding hydrogens is 248 g/mol. The average Bonchev–Trinajstić information content (AvgIpc) is 3.26. The Hall–Kier alpha value is -1.35. The lowest BCUT2D eigenvalue weighted by atomic mass is 10.1. The maximum atomic E-state index is 12.5. The zero-order chi connectivity index (χ0) is 14.5. The van der Waals surface area contributed by atoms with Crippen LogP contribution in [-0.4, -0.2) is 22.9 Å². The molecule has 2 rings (SSSR count). The van der Waals surface area contributed by atoms with E-state index >= 15 is 0 Å². The molecule has 1 aromatic rings. The van der Waals surface area contributed by atoms with Crippen molar-refractivity contribution >= 4 is 5.91 Å². The van der Waals surface area contributed by atoms with Gasteiger partial charge in [-0.05, 0) is 31.7 Å². The number of nitrogens with zero attached hydrogens (tertiary/aromatic N) is 1. The van der Waals surface area contributed by atoms with Gasteiger partial charge in [0.1, 0.15) is 0 Å². The molecule has 0 heterocycles. The molecule has 0 aliphatic heterocycles. The molecule has 1 aromatic carbocycles. The van der Waals surface area contributed by atoms with Gasteiger partial charge in [0.25, 0.3) is 0 Å². The van der Waals surface area contributed by atoms with Gasteiger partial charge in [-0.25, -0.2) is 0 Å². The molecule has 1 fully saturated rings. The first-order valence-corrected chi connectivity index (χ1v) is 7.73. The van der Waals surface area contributed by atoms with Crippen molar-refractivity contribution in [3.05, 3.63) is 35.4 Å². The molecule has 0 radical (unpaired) electrons. The van der Waals surface area contributed by atoms with Gasteiger partial charge in [0.15, 0.2) is 0 Å². The van der Waals surface area contributed by atoms with Crippen molar-refractivity contribution in [1.82, 2.24) is 4.90 Å². The number of hydrogen-bond acceptors (Lipinski definition) is 2. The smallest absolute Gasteiger partial charge is 0.240 e. The summed E-state index contributed by atoms with van der Waals surface area (Å²) in [5.74, 6) is 0.127. The van der Waals surface area contributed by atoms with E-state index in [2.05, 4.69) is 38.1 Å². The Morgan fingerprint density at radius 2 is 2.20 bits per heavy atom. The molecule has 110 valence electrons. The first-order chi connectivity index (χ1) is 9.61. The van der Waals surface area contributed by atoms with E-state index in [9.17, 15) is 4.79 Å². The Kier molecular flexibility index (Phi) is 5.18. The Labute approximate surface area is 122 Å². The maximum Gasteiger partial charge on any atom is 0.240 e. The number of amides is 1. The molecule has 1 atom stereocenters. The Bertz CT molecular complexity index is 454. The highest BCUT2D eigenvalue weighted by Gasteiger charge is 2.34. The van der Waals surface area contributed by atoms with Crippen LogP contribution in [0.25, 0.3) is 0 Å². The van der Waals surface area contributed by atoms with E-state index < -0.39 is 0 Å². The number of unbranched alkanes of at least 4 members (excludes halogenated alkanes) is 1. The highest BCUT2D eigenvalue weighted by atomic mass is 16.2. The number of benzene rings is 1. The predicted octanol–water partition coefficient (Wildman–Crippen LogP) is 3.00. The van der Waals surface area contributed by atoms with Crippen LogP contribution in [0, 0.1) is 6.92 Å². The van der Waals surface area contributed by atoms with E-state index in [-0.39, 0.29) is 11.9 Å². The lowest BCUT2D eigenvalue weighted by Gasteiger charge is -2.26. The molecule has 3 nitrogen and oxygen atoms in total. The molecule has 2 N–H and O–H groups in total. The van der Waals surface area contributed by atoms with Gasteiger partial charge in [-0.2, -0.15) is 0 Å². The second-order valence-corrected chi connectivity index (χ2v) is 5.94. The molecule has 1 amide bonds. The predicted molar refractivity (Wildman–Crippen MR) is 82.3 cm³/mol. The minimum absolute atomic E-state index is 0.127. The summed E-state index contributed by atoms with van der Waals surface area (Å²) in [7, 11) is 0. The van der Waals surface area contributed by atoms with Crippen molar-refractivity contribution < 1.29 is 4.79 Å². The second-order valence-electron chi connectivity index (χ2n) is 5.94. The molecule has 0 bridgehead atoms. The van der Waals surface area contributed by atoms with Crippen LogP contribution in [0.2, 0.25) is 0 Å². The summed E-state index contributed by atoms with van der Waals surface area (Å²) in [4.78, 5) is 14.5. The fourth-order valence-electron chi connectivity index (χ4n) is 2.54. The van der Waals surface area contributed by atoms with Crippen molar-refractivity contribution in [3.63, 3.8) is 0 Å². The van der Waals surface area contributed by atoms with Crippen molar-refractivity contribution in [1.29, 1.82) is 0 Å². The van der Waals surface area contributed by atoms with E-state index in [1.54, 1.807) is 0 Å². The maximum absolute atomic E-state index is 12.5. The van der Waals surface area contributed by atoms with E-state index in [1.165, 1.54) is 11.1 Å². The Morgan fingerprint density at radius 1 is 1.45 bits per heavy atom. The van der Waals surface area contributed by atoms with Gasteiger partial charge in [-0.1, -0.05) is 49.6 Å². The van der Waals surface area contributed by atoms with Crippen molar-refractivity contribution in [2.75, 3.05) is 0 Å². The van der Waals surface area contributed by atoms with Crippen LogP contribution in [0.3, 0.4) is 0 Å². The number of carbonyl (C=O) groups is 1.